The van der Waals surface area contributed by atoms with Crippen molar-refractivity contribution in [3.8, 4) is 0 Å². The zero-order valence-electron chi connectivity index (χ0n) is 10.1. The first-order chi connectivity index (χ1) is 8.08. The van der Waals surface area contributed by atoms with Gasteiger partial charge in [0.1, 0.15) is 0 Å². The molecule has 4 nitrogen and oxygen atoms in total. The van der Waals surface area contributed by atoms with Gasteiger partial charge in [-0.05, 0) is 19.8 Å². The minimum atomic E-state index is -0.766. The highest BCUT2D eigenvalue weighted by atomic mass is 35.5. The predicted octanol–water partition coefficient (Wildman–Crippen LogP) is 2.56. The molecule has 0 bridgehead atoms. The van der Waals surface area contributed by atoms with Crippen LogP contribution in [0.5, 0.6) is 0 Å². The van der Waals surface area contributed by atoms with Gasteiger partial charge in [-0.25, -0.2) is 0 Å². The average Bonchev–Trinajstić information content (AvgIpc) is 2.76. The SMILES string of the molecule is C/C(=C\CCC1(CCl)OCCO1)CCC(=O)O. The summed E-state index contributed by atoms with van der Waals surface area (Å²) in [7, 11) is 0. The molecule has 98 valence electrons. The van der Waals surface area contributed by atoms with Crippen LogP contribution in [0.4, 0.5) is 0 Å². The lowest BCUT2D eigenvalue weighted by atomic mass is 10.1. The Balaban J connectivity index is 2.29. The van der Waals surface area contributed by atoms with Gasteiger partial charge in [0.05, 0.1) is 19.1 Å². The highest BCUT2D eigenvalue weighted by molar-refractivity contribution is 6.18. The largest absolute Gasteiger partial charge is 0.481 e. The number of aliphatic carboxylic acids is 1. The van der Waals surface area contributed by atoms with Crippen molar-refractivity contribution in [3.63, 3.8) is 0 Å². The maximum Gasteiger partial charge on any atom is 0.303 e. The Morgan fingerprint density at radius 2 is 2.06 bits per heavy atom. The molecule has 1 saturated heterocycles. The molecule has 1 heterocycles. The van der Waals surface area contributed by atoms with E-state index in [9.17, 15) is 4.79 Å². The van der Waals surface area contributed by atoms with Crippen LogP contribution in [0.25, 0.3) is 0 Å². The van der Waals surface area contributed by atoms with Crippen LogP contribution in [0.3, 0.4) is 0 Å². The third-order valence-electron chi connectivity index (χ3n) is 2.77. The quantitative estimate of drug-likeness (QED) is 0.566. The van der Waals surface area contributed by atoms with Gasteiger partial charge in [0.2, 0.25) is 0 Å². The summed E-state index contributed by atoms with van der Waals surface area (Å²) in [6, 6.07) is 0. The van der Waals surface area contributed by atoms with Gasteiger partial charge in [0, 0.05) is 12.8 Å². The van der Waals surface area contributed by atoms with E-state index >= 15 is 0 Å². The minimum Gasteiger partial charge on any atom is -0.481 e. The average molecular weight is 263 g/mol. The van der Waals surface area contributed by atoms with Crippen LogP contribution in [0, 0.1) is 0 Å². The molecule has 0 radical (unpaired) electrons. The molecule has 17 heavy (non-hydrogen) atoms. The van der Waals surface area contributed by atoms with Crippen molar-refractivity contribution in [1.82, 2.24) is 0 Å². The van der Waals surface area contributed by atoms with Crippen molar-refractivity contribution in [2.24, 2.45) is 0 Å². The summed E-state index contributed by atoms with van der Waals surface area (Å²) in [6.45, 7) is 3.12. The molecule has 0 amide bonds. The third kappa shape index (κ3) is 5.06. The summed E-state index contributed by atoms with van der Waals surface area (Å²) in [6.07, 6.45) is 4.29. The molecular formula is C12H19ClO4. The van der Waals surface area contributed by atoms with E-state index in [2.05, 4.69) is 0 Å². The first-order valence-corrected chi connectivity index (χ1v) is 6.33. The second-order valence-electron chi connectivity index (χ2n) is 4.22. The molecule has 0 aromatic rings. The summed E-state index contributed by atoms with van der Waals surface area (Å²) in [5.74, 6) is -1.07. The number of alkyl halides is 1. The van der Waals surface area contributed by atoms with Gasteiger partial charge in [-0.2, -0.15) is 0 Å². The van der Waals surface area contributed by atoms with Crippen molar-refractivity contribution in [2.45, 2.75) is 38.4 Å². The Morgan fingerprint density at radius 1 is 1.41 bits per heavy atom. The smallest absolute Gasteiger partial charge is 0.303 e. The number of hydrogen-bond acceptors (Lipinski definition) is 3. The summed E-state index contributed by atoms with van der Waals surface area (Å²) < 4.78 is 11.0. The van der Waals surface area contributed by atoms with Gasteiger partial charge in [0.15, 0.2) is 5.79 Å². The lowest BCUT2D eigenvalue weighted by molar-refractivity contribution is -0.142. The molecule has 0 saturated carbocycles. The van der Waals surface area contributed by atoms with Crippen molar-refractivity contribution in [1.29, 1.82) is 0 Å². The standard InChI is InChI=1S/C12H19ClO4/c1-10(4-5-11(14)15)3-2-6-12(9-13)16-7-8-17-12/h3H,2,4-9H2,1H3,(H,14,15)/b10-3+. The second kappa shape index (κ2) is 6.99. The summed E-state index contributed by atoms with van der Waals surface area (Å²) in [5, 5.41) is 8.55. The lowest BCUT2D eigenvalue weighted by Crippen LogP contribution is -2.31. The second-order valence-corrected chi connectivity index (χ2v) is 4.49. The van der Waals surface area contributed by atoms with E-state index in [1.54, 1.807) is 0 Å². The fourth-order valence-corrected chi connectivity index (χ4v) is 2.02. The molecule has 0 aromatic carbocycles. The number of rotatable bonds is 7. The highest BCUT2D eigenvalue weighted by Crippen LogP contribution is 2.27. The van der Waals surface area contributed by atoms with Gasteiger partial charge in [0.25, 0.3) is 0 Å². The van der Waals surface area contributed by atoms with Crippen molar-refractivity contribution in [2.75, 3.05) is 19.1 Å². The Kier molecular flexibility index (Phi) is 5.95. The Labute approximate surface area is 107 Å². The molecule has 1 aliphatic heterocycles. The normalized spacial score (nSPS) is 19.5. The van der Waals surface area contributed by atoms with E-state index < -0.39 is 11.8 Å². The van der Waals surface area contributed by atoms with Crippen molar-refractivity contribution in [3.05, 3.63) is 11.6 Å². The summed E-state index contributed by atoms with van der Waals surface area (Å²) in [5.41, 5.74) is 1.08. The molecule has 0 unspecified atom stereocenters. The van der Waals surface area contributed by atoms with Gasteiger partial charge in [-0.15, -0.1) is 11.6 Å². The van der Waals surface area contributed by atoms with Crippen LogP contribution in [-0.4, -0.2) is 36.0 Å². The van der Waals surface area contributed by atoms with E-state index in [1.807, 2.05) is 13.0 Å². The Bertz CT molecular complexity index is 282. The molecule has 0 aromatic heterocycles. The molecule has 1 rings (SSSR count). The third-order valence-corrected chi connectivity index (χ3v) is 3.18. The molecular weight excluding hydrogens is 244 g/mol. The van der Waals surface area contributed by atoms with Gasteiger partial charge in [-0.3, -0.25) is 4.79 Å². The maximum atomic E-state index is 10.4. The van der Waals surface area contributed by atoms with E-state index in [0.717, 1.165) is 12.0 Å². The molecule has 5 heteroatoms. The van der Waals surface area contributed by atoms with Gasteiger partial charge in [-0.1, -0.05) is 11.6 Å². The number of carbonyl (C=O) groups is 1. The maximum absolute atomic E-state index is 10.4. The monoisotopic (exact) mass is 262 g/mol. The van der Waals surface area contributed by atoms with Gasteiger partial charge < -0.3 is 14.6 Å². The van der Waals surface area contributed by atoms with E-state index in [0.29, 0.717) is 31.9 Å². The van der Waals surface area contributed by atoms with E-state index in [1.165, 1.54) is 0 Å². The zero-order valence-corrected chi connectivity index (χ0v) is 10.8. The highest BCUT2D eigenvalue weighted by Gasteiger charge is 2.34. The minimum absolute atomic E-state index is 0.177. The fourth-order valence-electron chi connectivity index (χ4n) is 1.73. The van der Waals surface area contributed by atoms with Gasteiger partial charge >= 0.3 is 5.97 Å². The molecule has 1 aliphatic rings. The van der Waals surface area contributed by atoms with Crippen LogP contribution in [0.1, 0.15) is 32.6 Å². The summed E-state index contributed by atoms with van der Waals surface area (Å²) in [4.78, 5) is 10.4. The Hall–Kier alpha value is -0.580. The van der Waals surface area contributed by atoms with Crippen LogP contribution in [-0.2, 0) is 14.3 Å². The number of hydrogen-bond donors (Lipinski definition) is 1. The number of allylic oxidation sites excluding steroid dienone is 2. The van der Waals surface area contributed by atoms with Crippen LogP contribution < -0.4 is 0 Å². The van der Waals surface area contributed by atoms with Crippen molar-refractivity contribution >= 4 is 17.6 Å². The number of carboxylic acid groups (broad SMARTS) is 1. The Morgan fingerprint density at radius 3 is 2.59 bits per heavy atom. The van der Waals surface area contributed by atoms with E-state index in [4.69, 9.17) is 26.2 Å². The molecule has 0 spiro atoms. The predicted molar refractivity (Wildman–Crippen MR) is 65.2 cm³/mol. The van der Waals surface area contributed by atoms with Crippen LogP contribution in [0.15, 0.2) is 11.6 Å². The van der Waals surface area contributed by atoms with Crippen LogP contribution >= 0.6 is 11.6 Å². The number of halogens is 1. The van der Waals surface area contributed by atoms with E-state index in [-0.39, 0.29) is 6.42 Å². The number of ether oxygens (including phenoxy) is 2. The number of carboxylic acids is 1. The zero-order chi connectivity index (χ0) is 12.7. The fraction of sp³-hybridized carbons (Fsp3) is 0.750. The topological polar surface area (TPSA) is 55.8 Å². The first-order valence-electron chi connectivity index (χ1n) is 5.79. The molecule has 1 N–H and O–H groups in total. The lowest BCUT2D eigenvalue weighted by Gasteiger charge is -2.24. The van der Waals surface area contributed by atoms with Crippen molar-refractivity contribution < 1.29 is 19.4 Å². The molecule has 0 aliphatic carbocycles. The first kappa shape index (κ1) is 14.5. The molecule has 1 fully saturated rings. The van der Waals surface area contributed by atoms with Crippen LogP contribution in [0.2, 0.25) is 0 Å². The molecule has 0 atom stereocenters. The summed E-state index contributed by atoms with van der Waals surface area (Å²) >= 11 is 5.83.